The quantitative estimate of drug-likeness (QED) is 0.403. The Labute approximate surface area is 178 Å². The Hall–Kier alpha value is -3.17. The highest BCUT2D eigenvalue weighted by Gasteiger charge is 2.13. The zero-order chi connectivity index (χ0) is 21.7. The van der Waals surface area contributed by atoms with E-state index in [-0.39, 0.29) is 13.2 Å². The maximum Gasteiger partial charge on any atom is 0.333 e. The molecule has 0 unspecified atom stereocenters. The summed E-state index contributed by atoms with van der Waals surface area (Å²) in [6.45, 7) is 9.76. The molecule has 0 radical (unpaired) electrons. The molecule has 0 aliphatic heterocycles. The van der Waals surface area contributed by atoms with Crippen LogP contribution in [-0.4, -0.2) is 17.7 Å². The van der Waals surface area contributed by atoms with Crippen LogP contribution < -0.4 is 0 Å². The van der Waals surface area contributed by atoms with Crippen molar-refractivity contribution >= 4 is 5.97 Å². The summed E-state index contributed by atoms with van der Waals surface area (Å²) in [4.78, 5) is 12.0. The Balaban J connectivity index is 2.03. The van der Waals surface area contributed by atoms with Crippen LogP contribution in [0.2, 0.25) is 0 Å². The minimum atomic E-state index is -0.392. The number of hydrogen-bond acceptors (Lipinski definition) is 3. The Morgan fingerprint density at radius 1 is 0.933 bits per heavy atom. The summed E-state index contributed by atoms with van der Waals surface area (Å²) in [5.41, 5.74) is 9.09. The van der Waals surface area contributed by atoms with Crippen LogP contribution in [0.15, 0.2) is 72.8 Å². The van der Waals surface area contributed by atoms with Crippen molar-refractivity contribution in [1.29, 1.82) is 0 Å². The van der Waals surface area contributed by atoms with E-state index in [1.807, 2.05) is 6.07 Å². The van der Waals surface area contributed by atoms with Gasteiger partial charge in [0.15, 0.2) is 0 Å². The molecule has 0 amide bonds. The van der Waals surface area contributed by atoms with Gasteiger partial charge in [-0.15, -0.1) is 0 Å². The monoisotopic (exact) mass is 400 g/mol. The molecule has 154 valence electrons. The summed E-state index contributed by atoms with van der Waals surface area (Å²) < 4.78 is 5.49. The van der Waals surface area contributed by atoms with E-state index in [1.54, 1.807) is 6.92 Å². The van der Waals surface area contributed by atoms with E-state index in [4.69, 9.17) is 4.74 Å². The fraction of sp³-hybridized carbons (Fsp3) is 0.222. The third-order valence-corrected chi connectivity index (χ3v) is 5.18. The van der Waals surface area contributed by atoms with Crippen LogP contribution in [-0.2, 0) is 22.6 Å². The number of carbonyl (C=O) groups excluding carboxylic acids is 1. The van der Waals surface area contributed by atoms with Crippen molar-refractivity contribution in [3.8, 4) is 22.3 Å². The van der Waals surface area contributed by atoms with E-state index in [0.717, 1.165) is 38.9 Å². The van der Waals surface area contributed by atoms with E-state index in [9.17, 15) is 9.90 Å². The molecule has 0 aliphatic rings. The zero-order valence-corrected chi connectivity index (χ0v) is 17.9. The van der Waals surface area contributed by atoms with Crippen LogP contribution >= 0.6 is 0 Å². The van der Waals surface area contributed by atoms with Crippen LogP contribution in [0.5, 0.6) is 0 Å². The molecule has 0 aliphatic carbocycles. The van der Waals surface area contributed by atoms with E-state index in [2.05, 4.69) is 75.0 Å². The number of aliphatic hydroxyl groups is 1. The Kier molecular flexibility index (Phi) is 6.86. The van der Waals surface area contributed by atoms with Gasteiger partial charge >= 0.3 is 5.97 Å². The molecule has 0 saturated heterocycles. The van der Waals surface area contributed by atoms with Crippen molar-refractivity contribution in [2.45, 2.75) is 33.8 Å². The fourth-order valence-electron chi connectivity index (χ4n) is 3.48. The smallest absolute Gasteiger partial charge is 0.333 e. The standard InChI is InChI=1S/C27H28O3/c1-18(2)27(29)30-17-24-16-23(22-8-5-19(3)6-9-22)10-12-26(24)25-11-7-21(13-14-28)15-20(25)4/h5-12,15-16,28H,1,13-14,17H2,2-4H3. The molecule has 1 N–H and O–H groups in total. The highest BCUT2D eigenvalue weighted by molar-refractivity contribution is 5.87. The molecule has 0 aromatic heterocycles. The lowest BCUT2D eigenvalue weighted by molar-refractivity contribution is -0.140. The summed E-state index contributed by atoms with van der Waals surface area (Å²) in [7, 11) is 0. The lowest BCUT2D eigenvalue weighted by Crippen LogP contribution is -2.06. The van der Waals surface area contributed by atoms with E-state index < -0.39 is 5.97 Å². The summed E-state index contributed by atoms with van der Waals surface area (Å²) in [6.07, 6.45) is 0.635. The third-order valence-electron chi connectivity index (χ3n) is 5.18. The second kappa shape index (κ2) is 9.55. The summed E-state index contributed by atoms with van der Waals surface area (Å²) in [5.74, 6) is -0.392. The average Bonchev–Trinajstić information content (AvgIpc) is 2.73. The number of benzene rings is 3. The van der Waals surface area contributed by atoms with Gasteiger partial charge in [-0.1, -0.05) is 66.7 Å². The fourth-order valence-corrected chi connectivity index (χ4v) is 3.48. The molecule has 3 nitrogen and oxygen atoms in total. The van der Waals surface area contributed by atoms with Gasteiger partial charge in [0.05, 0.1) is 0 Å². The molecule has 3 aromatic rings. The van der Waals surface area contributed by atoms with E-state index in [0.29, 0.717) is 12.0 Å². The first-order valence-electron chi connectivity index (χ1n) is 10.1. The zero-order valence-electron chi connectivity index (χ0n) is 17.9. The van der Waals surface area contributed by atoms with Crippen LogP contribution in [0.25, 0.3) is 22.3 Å². The maximum atomic E-state index is 12.0. The number of esters is 1. The van der Waals surface area contributed by atoms with Gasteiger partial charge in [-0.3, -0.25) is 0 Å². The summed E-state index contributed by atoms with van der Waals surface area (Å²) >= 11 is 0. The molecular formula is C27H28O3. The first kappa shape index (κ1) is 21.5. The number of ether oxygens (including phenoxy) is 1. The van der Waals surface area contributed by atoms with Gasteiger partial charge in [0.1, 0.15) is 6.61 Å². The Bertz CT molecular complexity index is 1060. The minimum Gasteiger partial charge on any atom is -0.457 e. The number of carbonyl (C=O) groups is 1. The van der Waals surface area contributed by atoms with Crippen molar-refractivity contribution in [2.75, 3.05) is 6.61 Å². The number of aliphatic hydroxyl groups excluding tert-OH is 1. The van der Waals surface area contributed by atoms with Crippen molar-refractivity contribution in [1.82, 2.24) is 0 Å². The topological polar surface area (TPSA) is 46.5 Å². The predicted octanol–water partition coefficient (Wildman–Crippen LogP) is 5.79. The maximum absolute atomic E-state index is 12.0. The molecule has 3 aromatic carbocycles. The number of aryl methyl sites for hydroxylation is 2. The van der Waals surface area contributed by atoms with Crippen molar-refractivity contribution in [3.63, 3.8) is 0 Å². The van der Waals surface area contributed by atoms with Gasteiger partial charge in [0, 0.05) is 12.2 Å². The lowest BCUT2D eigenvalue weighted by Gasteiger charge is -2.16. The third kappa shape index (κ3) is 5.05. The van der Waals surface area contributed by atoms with Crippen LogP contribution in [0.3, 0.4) is 0 Å². The van der Waals surface area contributed by atoms with Gasteiger partial charge < -0.3 is 9.84 Å². The van der Waals surface area contributed by atoms with Crippen LogP contribution in [0.1, 0.15) is 29.2 Å². The van der Waals surface area contributed by atoms with Crippen LogP contribution in [0.4, 0.5) is 0 Å². The average molecular weight is 401 g/mol. The van der Waals surface area contributed by atoms with Crippen LogP contribution in [0, 0.1) is 13.8 Å². The van der Waals surface area contributed by atoms with E-state index in [1.165, 1.54) is 5.56 Å². The molecule has 0 atom stereocenters. The van der Waals surface area contributed by atoms with Gasteiger partial charge in [0.25, 0.3) is 0 Å². The highest BCUT2D eigenvalue weighted by Crippen LogP contribution is 2.32. The Morgan fingerprint density at radius 3 is 2.23 bits per heavy atom. The predicted molar refractivity (Wildman–Crippen MR) is 122 cm³/mol. The molecule has 3 rings (SSSR count). The van der Waals surface area contributed by atoms with E-state index >= 15 is 0 Å². The Morgan fingerprint density at radius 2 is 1.60 bits per heavy atom. The van der Waals surface area contributed by atoms with Gasteiger partial charge in [0.2, 0.25) is 0 Å². The number of hydrogen-bond donors (Lipinski definition) is 1. The van der Waals surface area contributed by atoms with Gasteiger partial charge in [-0.05, 0) is 72.2 Å². The second-order valence-electron chi connectivity index (χ2n) is 7.72. The normalized spacial score (nSPS) is 10.7. The highest BCUT2D eigenvalue weighted by atomic mass is 16.5. The molecule has 0 saturated carbocycles. The second-order valence-corrected chi connectivity index (χ2v) is 7.72. The molecule has 0 spiro atoms. The SMILES string of the molecule is C=C(C)C(=O)OCc1cc(-c2ccc(C)cc2)ccc1-c1ccc(CCO)cc1C. The molecular weight excluding hydrogens is 372 g/mol. The molecule has 0 fully saturated rings. The van der Waals surface area contributed by atoms with Crippen molar-refractivity contribution in [3.05, 3.63) is 95.1 Å². The lowest BCUT2D eigenvalue weighted by atomic mass is 9.91. The minimum absolute atomic E-state index is 0.131. The first-order valence-corrected chi connectivity index (χ1v) is 10.1. The summed E-state index contributed by atoms with van der Waals surface area (Å²) in [5, 5.41) is 9.21. The van der Waals surface area contributed by atoms with Crippen molar-refractivity contribution < 1.29 is 14.6 Å². The van der Waals surface area contributed by atoms with Gasteiger partial charge in [-0.2, -0.15) is 0 Å². The summed E-state index contributed by atoms with van der Waals surface area (Å²) in [6, 6.07) is 20.9. The molecule has 0 bridgehead atoms. The number of rotatable bonds is 7. The largest absolute Gasteiger partial charge is 0.457 e. The molecule has 0 heterocycles. The molecule has 30 heavy (non-hydrogen) atoms. The first-order chi connectivity index (χ1) is 14.4. The van der Waals surface area contributed by atoms with Crippen molar-refractivity contribution in [2.24, 2.45) is 0 Å². The molecule has 3 heteroatoms. The van der Waals surface area contributed by atoms with Gasteiger partial charge in [-0.25, -0.2) is 4.79 Å².